The summed E-state index contributed by atoms with van der Waals surface area (Å²) >= 11 is 0. The topological polar surface area (TPSA) is 42.7 Å². The van der Waals surface area contributed by atoms with E-state index in [0.717, 1.165) is 0 Å². The predicted molar refractivity (Wildman–Crippen MR) is 45.4 cm³/mol. The van der Waals surface area contributed by atoms with Crippen molar-refractivity contribution in [3.8, 4) is 0 Å². The summed E-state index contributed by atoms with van der Waals surface area (Å²) < 4.78 is 10.0. The van der Waals surface area contributed by atoms with Crippen LogP contribution in [-0.2, 0) is 4.74 Å². The minimum Gasteiger partial charge on any atom is -0.459 e. The van der Waals surface area contributed by atoms with E-state index in [4.69, 9.17) is 9.15 Å². The molecular formula is C9H11NO3. The van der Waals surface area contributed by atoms with Gasteiger partial charge in [0.05, 0.1) is 12.4 Å². The summed E-state index contributed by atoms with van der Waals surface area (Å²) in [6, 6.07) is 3.38. The van der Waals surface area contributed by atoms with Gasteiger partial charge in [-0.25, -0.2) is 0 Å². The van der Waals surface area contributed by atoms with Gasteiger partial charge in [0.1, 0.15) is 0 Å². The van der Waals surface area contributed by atoms with Gasteiger partial charge in [0.25, 0.3) is 5.91 Å². The van der Waals surface area contributed by atoms with Crippen LogP contribution in [0.1, 0.15) is 10.6 Å². The molecule has 1 aliphatic heterocycles. The summed E-state index contributed by atoms with van der Waals surface area (Å²) in [6.07, 6.45) is 1.69. The smallest absolute Gasteiger partial charge is 0.289 e. The molecule has 2 heterocycles. The molecule has 0 spiro atoms. The van der Waals surface area contributed by atoms with Gasteiger partial charge in [0.2, 0.25) is 0 Å². The minimum absolute atomic E-state index is 0.0571. The lowest BCUT2D eigenvalue weighted by molar-refractivity contribution is -0.0205. The van der Waals surface area contributed by atoms with Crippen molar-refractivity contribution in [1.82, 2.24) is 4.90 Å². The van der Waals surface area contributed by atoms with Crippen LogP contribution in [0.4, 0.5) is 0 Å². The van der Waals surface area contributed by atoms with Gasteiger partial charge < -0.3 is 14.1 Å². The van der Waals surface area contributed by atoms with E-state index < -0.39 is 0 Å². The molecule has 1 aliphatic rings. The fourth-order valence-electron chi connectivity index (χ4n) is 1.31. The number of carbonyl (C=O) groups excluding carboxylic acids is 1. The summed E-state index contributed by atoms with van der Waals surface area (Å²) in [6.45, 7) is 1.33. The van der Waals surface area contributed by atoms with E-state index in [9.17, 15) is 4.79 Å². The Morgan fingerprint density at radius 2 is 2.46 bits per heavy atom. The first-order chi connectivity index (χ1) is 6.31. The summed E-state index contributed by atoms with van der Waals surface area (Å²) in [5.74, 6) is 0.341. The lowest BCUT2D eigenvalue weighted by Gasteiger charge is -2.37. The molecule has 1 aromatic heterocycles. The molecule has 0 saturated carbocycles. The molecule has 0 radical (unpaired) electrons. The van der Waals surface area contributed by atoms with Crippen LogP contribution >= 0.6 is 0 Å². The van der Waals surface area contributed by atoms with Gasteiger partial charge in [-0.15, -0.1) is 0 Å². The van der Waals surface area contributed by atoms with Crippen LogP contribution in [0.15, 0.2) is 22.8 Å². The molecule has 2 rings (SSSR count). The molecule has 1 aromatic rings. The Morgan fingerprint density at radius 1 is 1.69 bits per heavy atom. The molecule has 0 N–H and O–H groups in total. The fourth-order valence-corrected chi connectivity index (χ4v) is 1.31. The van der Waals surface area contributed by atoms with Crippen molar-refractivity contribution in [2.24, 2.45) is 0 Å². The standard InChI is InChI=1S/C9H11NO3/c1-12-7-5-10(6-7)9(11)8-3-2-4-13-8/h2-4,7H,5-6H2,1H3. The maximum Gasteiger partial charge on any atom is 0.289 e. The van der Waals surface area contributed by atoms with E-state index in [0.29, 0.717) is 18.8 Å². The number of nitrogens with zero attached hydrogens (tertiary/aromatic N) is 1. The van der Waals surface area contributed by atoms with Gasteiger partial charge in [0.15, 0.2) is 5.76 Å². The summed E-state index contributed by atoms with van der Waals surface area (Å²) in [5, 5.41) is 0. The van der Waals surface area contributed by atoms with E-state index in [2.05, 4.69) is 0 Å². The van der Waals surface area contributed by atoms with Crippen molar-refractivity contribution in [2.75, 3.05) is 20.2 Å². The molecule has 0 aliphatic carbocycles. The molecule has 1 amide bonds. The van der Waals surface area contributed by atoms with Crippen molar-refractivity contribution in [1.29, 1.82) is 0 Å². The van der Waals surface area contributed by atoms with Gasteiger partial charge in [-0.2, -0.15) is 0 Å². The molecule has 13 heavy (non-hydrogen) atoms. The zero-order valence-electron chi connectivity index (χ0n) is 7.40. The van der Waals surface area contributed by atoms with Gasteiger partial charge in [-0.3, -0.25) is 4.79 Å². The SMILES string of the molecule is COC1CN(C(=O)c2ccco2)C1. The highest BCUT2D eigenvalue weighted by Gasteiger charge is 2.32. The monoisotopic (exact) mass is 181 g/mol. The second kappa shape index (κ2) is 3.22. The molecule has 1 saturated heterocycles. The number of furan rings is 1. The van der Waals surface area contributed by atoms with Crippen LogP contribution in [0.3, 0.4) is 0 Å². The molecule has 4 nitrogen and oxygen atoms in total. The Balaban J connectivity index is 1.94. The number of likely N-dealkylation sites (tertiary alicyclic amines) is 1. The number of hydrogen-bond donors (Lipinski definition) is 0. The molecule has 0 unspecified atom stereocenters. The summed E-state index contributed by atoms with van der Waals surface area (Å²) in [5.41, 5.74) is 0. The van der Waals surface area contributed by atoms with E-state index >= 15 is 0 Å². The Bertz CT molecular complexity index is 288. The Hall–Kier alpha value is -1.29. The van der Waals surface area contributed by atoms with Crippen molar-refractivity contribution >= 4 is 5.91 Å². The van der Waals surface area contributed by atoms with E-state index in [-0.39, 0.29) is 12.0 Å². The first-order valence-electron chi connectivity index (χ1n) is 4.17. The molecular weight excluding hydrogens is 170 g/mol. The van der Waals surface area contributed by atoms with Crippen molar-refractivity contribution < 1.29 is 13.9 Å². The molecule has 1 fully saturated rings. The van der Waals surface area contributed by atoms with E-state index in [1.54, 1.807) is 24.1 Å². The third kappa shape index (κ3) is 1.45. The summed E-state index contributed by atoms with van der Waals surface area (Å²) in [4.78, 5) is 13.2. The molecule has 0 atom stereocenters. The quantitative estimate of drug-likeness (QED) is 0.676. The number of hydrogen-bond acceptors (Lipinski definition) is 3. The van der Waals surface area contributed by atoms with Crippen LogP contribution in [0.25, 0.3) is 0 Å². The Morgan fingerprint density at radius 3 is 3.00 bits per heavy atom. The Labute approximate surface area is 76.1 Å². The van der Waals surface area contributed by atoms with Crippen LogP contribution in [0.5, 0.6) is 0 Å². The highest BCUT2D eigenvalue weighted by Crippen LogP contribution is 2.15. The maximum atomic E-state index is 11.5. The van der Waals surface area contributed by atoms with Gasteiger partial charge in [-0.1, -0.05) is 0 Å². The average molecular weight is 181 g/mol. The number of amides is 1. The number of methoxy groups -OCH3 is 1. The normalized spacial score (nSPS) is 17.2. The first-order valence-corrected chi connectivity index (χ1v) is 4.17. The van der Waals surface area contributed by atoms with Crippen molar-refractivity contribution in [3.05, 3.63) is 24.2 Å². The highest BCUT2D eigenvalue weighted by atomic mass is 16.5. The summed E-state index contributed by atoms with van der Waals surface area (Å²) in [7, 11) is 1.65. The fraction of sp³-hybridized carbons (Fsp3) is 0.444. The second-order valence-electron chi connectivity index (χ2n) is 3.05. The average Bonchev–Trinajstić information content (AvgIpc) is 2.53. The highest BCUT2D eigenvalue weighted by molar-refractivity contribution is 5.92. The largest absolute Gasteiger partial charge is 0.459 e. The predicted octanol–water partition coefficient (Wildman–Crippen LogP) is 0.750. The van der Waals surface area contributed by atoms with E-state index in [1.807, 2.05) is 0 Å². The zero-order chi connectivity index (χ0) is 9.26. The minimum atomic E-state index is -0.0571. The second-order valence-corrected chi connectivity index (χ2v) is 3.05. The lowest BCUT2D eigenvalue weighted by Crippen LogP contribution is -2.54. The van der Waals surface area contributed by atoms with Crippen molar-refractivity contribution in [3.63, 3.8) is 0 Å². The molecule has 0 aromatic carbocycles. The number of rotatable bonds is 2. The van der Waals surface area contributed by atoms with Crippen LogP contribution < -0.4 is 0 Å². The van der Waals surface area contributed by atoms with E-state index in [1.165, 1.54) is 6.26 Å². The van der Waals surface area contributed by atoms with Crippen LogP contribution in [0, 0.1) is 0 Å². The Kier molecular flexibility index (Phi) is 2.06. The lowest BCUT2D eigenvalue weighted by atomic mass is 10.1. The van der Waals surface area contributed by atoms with Crippen molar-refractivity contribution in [2.45, 2.75) is 6.10 Å². The molecule has 0 bridgehead atoms. The maximum absolute atomic E-state index is 11.5. The van der Waals surface area contributed by atoms with Gasteiger partial charge in [0, 0.05) is 20.2 Å². The third-order valence-electron chi connectivity index (χ3n) is 2.20. The zero-order valence-corrected chi connectivity index (χ0v) is 7.40. The van der Waals surface area contributed by atoms with Crippen LogP contribution in [-0.4, -0.2) is 37.1 Å². The van der Waals surface area contributed by atoms with Gasteiger partial charge >= 0.3 is 0 Å². The molecule has 70 valence electrons. The number of ether oxygens (including phenoxy) is 1. The number of carbonyl (C=O) groups is 1. The molecule has 4 heteroatoms. The first kappa shape index (κ1) is 8.31. The van der Waals surface area contributed by atoms with Crippen LogP contribution in [0.2, 0.25) is 0 Å². The third-order valence-corrected chi connectivity index (χ3v) is 2.20. The van der Waals surface area contributed by atoms with Gasteiger partial charge in [-0.05, 0) is 12.1 Å².